The minimum Gasteiger partial charge on any atom is -0.306 e. The molecule has 0 bridgehead atoms. The molecule has 78 heavy (non-hydrogen) atoms. The zero-order chi connectivity index (χ0) is 53.7. The molecular weight excluding hydrogens is 965 g/mol. The van der Waals surface area contributed by atoms with E-state index in [0.717, 1.165) is 0 Å². The molecule has 0 aliphatic carbocycles. The third kappa shape index (κ3) is 6.13. The zero-order valence-corrected chi connectivity index (χ0v) is 40.1. The Kier molecular flexibility index (Phi) is 9.71. The van der Waals surface area contributed by atoms with Crippen LogP contribution in [0.25, 0.3) is 110 Å². The summed E-state index contributed by atoms with van der Waals surface area (Å²) in [6.07, 6.45) is 0. The highest BCUT2D eigenvalue weighted by atomic mass is 15.1. The van der Waals surface area contributed by atoms with Gasteiger partial charge in [-0.1, -0.05) is 0 Å². The molecule has 0 radical (unpaired) electrons. The van der Waals surface area contributed by atoms with E-state index in [1.807, 2.05) is 13.7 Å². The highest BCUT2D eigenvalue weighted by Gasteiger charge is 2.35. The smallest absolute Gasteiger partial charge is 0.104 e. The van der Waals surface area contributed by atoms with Gasteiger partial charge in [-0.2, -0.15) is 52.6 Å². The van der Waals surface area contributed by atoms with Crippen LogP contribution in [-0.4, -0.2) is 18.3 Å². The number of fused-ring (bicyclic) bond motifs is 12. The average molecular weight is 989 g/mol. The first-order valence-corrected chi connectivity index (χ1v) is 23.8. The predicted molar refractivity (Wildman–Crippen MR) is 291 cm³/mol. The number of nitrogens with zero attached hydrogens (tertiary/aromatic N) is 14. The molecule has 0 unspecified atom stereocenters. The minimum atomic E-state index is -0.0260. The molecule has 0 saturated carbocycles. The van der Waals surface area contributed by atoms with Crippen molar-refractivity contribution in [1.29, 1.82) is 52.6 Å². The van der Waals surface area contributed by atoms with Gasteiger partial charge in [-0.3, -0.25) is 0 Å². The summed E-state index contributed by atoms with van der Waals surface area (Å²) >= 11 is 0. The lowest BCUT2D eigenvalue weighted by atomic mass is 9.98. The fourth-order valence-corrected chi connectivity index (χ4v) is 11.4. The van der Waals surface area contributed by atoms with E-state index in [1.54, 1.807) is 150 Å². The molecule has 0 spiro atoms. The number of hydrogen-bond donors (Lipinski definition) is 0. The van der Waals surface area contributed by atoms with E-state index >= 15 is 0 Å². The molecule has 13 aromatic rings. The third-order valence-corrected chi connectivity index (χ3v) is 14.6. The van der Waals surface area contributed by atoms with Crippen LogP contribution in [0.15, 0.2) is 146 Å². The van der Waals surface area contributed by atoms with Crippen molar-refractivity contribution in [3.8, 4) is 83.4 Å². The summed E-state index contributed by atoms with van der Waals surface area (Å²) in [4.78, 5) is 0. The molecule has 9 aromatic carbocycles. The van der Waals surface area contributed by atoms with Crippen LogP contribution in [0, 0.1) is 113 Å². The number of aromatic nitrogens is 4. The molecule has 14 heteroatoms. The standard InChI is InChI=1S/C64H24N14/c65-25-35-1-9-53-43(17-35)44-18-36(26-66)2-10-54(44)75(53)61-51(33-73)62(76-55-11-3-37(27-67)19-45(55)46-20-38(28-68)4-12-56(46)76)64(78-59-15-7-41(31-71)23-49(59)50-24-42(32-72)8-16-60(50)78)63(52(61)34-74)77-57-13-5-39(29-69)21-47(57)48-22-40(30-70)6-14-58(48)77/h1-24H. The SMILES string of the molecule is N#Cc1ccc2c(c1)c1cc(C#N)ccc1n2-c1c(C#N)c(-n2c3ccc(C#N)cc3c3cc(C#N)ccc32)c(-n2c3ccc(C#N)cc3c3cc(C#N)ccc32)c(-n2c3ccc(C#N)cc3c3cc(C#N)ccc32)c1C#N. The second kappa shape index (κ2) is 16.8. The van der Waals surface area contributed by atoms with Gasteiger partial charge < -0.3 is 18.3 Å². The Hall–Kier alpha value is -12.9. The summed E-state index contributed by atoms with van der Waals surface area (Å²) in [6, 6.07) is 64.2. The molecule has 0 saturated heterocycles. The maximum Gasteiger partial charge on any atom is 0.104 e. The van der Waals surface area contributed by atoms with Crippen molar-refractivity contribution in [2.24, 2.45) is 0 Å². The molecule has 0 atom stereocenters. The molecule has 0 amide bonds. The maximum absolute atomic E-state index is 12.4. The fraction of sp³-hybridized carbons (Fsp3) is 0. The summed E-state index contributed by atoms with van der Waals surface area (Å²) in [6.45, 7) is 0. The van der Waals surface area contributed by atoms with Gasteiger partial charge in [0, 0.05) is 43.1 Å². The highest BCUT2D eigenvalue weighted by molar-refractivity contribution is 6.17. The van der Waals surface area contributed by atoms with Gasteiger partial charge in [0.2, 0.25) is 0 Å². The van der Waals surface area contributed by atoms with Crippen molar-refractivity contribution < 1.29 is 0 Å². The van der Waals surface area contributed by atoms with Crippen LogP contribution in [0.1, 0.15) is 55.6 Å². The topological polar surface area (TPSA) is 258 Å². The lowest BCUT2D eigenvalue weighted by Gasteiger charge is -2.27. The van der Waals surface area contributed by atoms with Gasteiger partial charge in [0.25, 0.3) is 0 Å². The zero-order valence-electron chi connectivity index (χ0n) is 40.1. The van der Waals surface area contributed by atoms with Gasteiger partial charge in [0.05, 0.1) is 160 Å². The number of hydrogen-bond acceptors (Lipinski definition) is 10. The van der Waals surface area contributed by atoms with Crippen LogP contribution >= 0.6 is 0 Å². The summed E-state index contributed by atoms with van der Waals surface area (Å²) in [7, 11) is 0. The Morgan fingerprint density at radius 3 is 0.526 bits per heavy atom. The Morgan fingerprint density at radius 1 is 0.192 bits per heavy atom. The van der Waals surface area contributed by atoms with Crippen LogP contribution in [0.3, 0.4) is 0 Å². The van der Waals surface area contributed by atoms with Gasteiger partial charge in [-0.15, -0.1) is 0 Å². The normalized spacial score (nSPS) is 10.9. The lowest BCUT2D eigenvalue weighted by Crippen LogP contribution is -2.17. The average Bonchev–Trinajstić information content (AvgIpc) is 4.00. The van der Waals surface area contributed by atoms with Crippen LogP contribution < -0.4 is 0 Å². The Labute approximate surface area is 440 Å². The predicted octanol–water partition coefficient (Wildman–Crippen LogP) is 12.8. The molecular formula is C64H24N14. The molecule has 350 valence electrons. The molecule has 0 aliphatic heterocycles. The molecule has 13 rings (SSSR count). The van der Waals surface area contributed by atoms with E-state index in [-0.39, 0.29) is 33.9 Å². The largest absolute Gasteiger partial charge is 0.306 e. The summed E-state index contributed by atoms with van der Waals surface area (Å²) in [5, 5.41) is 112. The molecule has 14 nitrogen and oxygen atoms in total. The molecule has 4 heterocycles. The van der Waals surface area contributed by atoms with Crippen LogP contribution in [0.4, 0.5) is 0 Å². The fourth-order valence-electron chi connectivity index (χ4n) is 11.4. The number of nitriles is 10. The van der Waals surface area contributed by atoms with Gasteiger partial charge >= 0.3 is 0 Å². The second-order valence-electron chi connectivity index (χ2n) is 18.5. The van der Waals surface area contributed by atoms with Gasteiger partial charge in [0.1, 0.15) is 23.3 Å². The van der Waals surface area contributed by atoms with E-state index in [1.165, 1.54) is 0 Å². The van der Waals surface area contributed by atoms with E-state index in [0.29, 0.717) is 132 Å². The summed E-state index contributed by atoms with van der Waals surface area (Å²) < 4.78 is 7.51. The summed E-state index contributed by atoms with van der Waals surface area (Å²) in [5.74, 6) is 0. The molecule has 4 aromatic heterocycles. The first kappa shape index (κ1) is 45.0. The van der Waals surface area contributed by atoms with Gasteiger partial charge in [-0.05, 0) is 146 Å². The van der Waals surface area contributed by atoms with Crippen molar-refractivity contribution in [2.75, 3.05) is 0 Å². The number of rotatable bonds is 4. The van der Waals surface area contributed by atoms with E-state index in [2.05, 4.69) is 60.7 Å². The van der Waals surface area contributed by atoms with Crippen molar-refractivity contribution in [2.45, 2.75) is 0 Å². The molecule has 0 aliphatic rings. The van der Waals surface area contributed by atoms with Crippen molar-refractivity contribution in [3.63, 3.8) is 0 Å². The minimum absolute atomic E-state index is 0.0260. The Morgan fingerprint density at radius 2 is 0.359 bits per heavy atom. The monoisotopic (exact) mass is 988 g/mol. The van der Waals surface area contributed by atoms with Gasteiger partial charge in [-0.25, -0.2) is 0 Å². The molecule has 0 fully saturated rings. The van der Waals surface area contributed by atoms with Crippen LogP contribution in [-0.2, 0) is 0 Å². The van der Waals surface area contributed by atoms with E-state index in [4.69, 9.17) is 0 Å². The lowest BCUT2D eigenvalue weighted by molar-refractivity contribution is 1.02. The van der Waals surface area contributed by atoms with Gasteiger partial charge in [0.15, 0.2) is 0 Å². The quantitative estimate of drug-likeness (QED) is 0.161. The van der Waals surface area contributed by atoms with Crippen LogP contribution in [0.5, 0.6) is 0 Å². The third-order valence-electron chi connectivity index (χ3n) is 14.6. The van der Waals surface area contributed by atoms with E-state index in [9.17, 15) is 52.6 Å². The second-order valence-corrected chi connectivity index (χ2v) is 18.5. The van der Waals surface area contributed by atoms with E-state index < -0.39 is 0 Å². The number of benzene rings is 9. The van der Waals surface area contributed by atoms with Crippen molar-refractivity contribution in [1.82, 2.24) is 18.3 Å². The first-order chi connectivity index (χ1) is 38.2. The Bertz CT molecular complexity index is 4990. The van der Waals surface area contributed by atoms with Crippen LogP contribution in [0.2, 0.25) is 0 Å². The Balaban J connectivity index is 1.40. The van der Waals surface area contributed by atoms with Crippen molar-refractivity contribution in [3.05, 3.63) is 201 Å². The first-order valence-electron chi connectivity index (χ1n) is 23.8. The highest BCUT2D eigenvalue weighted by Crippen LogP contribution is 2.49. The molecule has 0 N–H and O–H groups in total. The maximum atomic E-state index is 12.4. The van der Waals surface area contributed by atoms with Crippen molar-refractivity contribution >= 4 is 87.2 Å². The summed E-state index contributed by atoms with van der Waals surface area (Å²) in [5.41, 5.74) is 7.42.